The Kier molecular flexibility index (Phi) is 7.22. The first-order chi connectivity index (χ1) is 18.5. The van der Waals surface area contributed by atoms with Crippen LogP contribution in [0.5, 0.6) is 23.0 Å². The highest BCUT2D eigenvalue weighted by atomic mass is 16.5. The predicted octanol–water partition coefficient (Wildman–Crippen LogP) is 7.43. The Labute approximate surface area is 223 Å². The summed E-state index contributed by atoms with van der Waals surface area (Å²) in [5.41, 5.74) is 1.47. The summed E-state index contributed by atoms with van der Waals surface area (Å²) in [7, 11) is 0. The smallest absolute Gasteiger partial charge is 0.348 e. The molecule has 0 saturated heterocycles. The Morgan fingerprint density at radius 2 is 1.42 bits per heavy atom. The summed E-state index contributed by atoms with van der Waals surface area (Å²) in [5.74, 6) is 1.54. The second-order valence-corrected chi connectivity index (χ2v) is 9.39. The summed E-state index contributed by atoms with van der Waals surface area (Å²) in [6.07, 6.45) is 0.603. The standard InChI is InChI=1S/C32H31NO5/c1-3-26(32(2,31(34)35)38-25-11-5-4-6-12-25)23-17-19-24(20-18-23)36-22-21-33-27-13-7-9-15-29(27)37-30-16-10-8-14-28(30)33/h4-20,26H,3,21-22H2,1-2H3,(H,34,35). The zero-order chi connectivity index (χ0) is 26.5. The molecule has 2 atom stereocenters. The molecule has 5 rings (SSSR count). The van der Waals surface area contributed by atoms with Crippen molar-refractivity contribution in [3.63, 3.8) is 0 Å². The molecule has 194 valence electrons. The minimum absolute atomic E-state index is 0.351. The zero-order valence-electron chi connectivity index (χ0n) is 21.5. The highest BCUT2D eigenvalue weighted by Gasteiger charge is 2.44. The molecule has 0 fully saturated rings. The Balaban J connectivity index is 1.28. The van der Waals surface area contributed by atoms with E-state index >= 15 is 0 Å². The van der Waals surface area contributed by atoms with E-state index in [-0.39, 0.29) is 5.92 Å². The van der Waals surface area contributed by atoms with Crippen molar-refractivity contribution in [2.75, 3.05) is 18.1 Å². The molecule has 6 heteroatoms. The van der Waals surface area contributed by atoms with Gasteiger partial charge in [0, 0.05) is 5.92 Å². The number of carboxylic acids is 1. The number of para-hydroxylation sites is 5. The van der Waals surface area contributed by atoms with Crippen LogP contribution in [0.1, 0.15) is 31.7 Å². The molecule has 1 heterocycles. The number of fused-ring (bicyclic) bond motifs is 2. The fourth-order valence-electron chi connectivity index (χ4n) is 5.01. The van der Waals surface area contributed by atoms with Gasteiger partial charge in [-0.15, -0.1) is 0 Å². The van der Waals surface area contributed by atoms with Crippen molar-refractivity contribution in [3.05, 3.63) is 109 Å². The van der Waals surface area contributed by atoms with Crippen LogP contribution in [0, 0.1) is 0 Å². The molecular weight excluding hydrogens is 478 g/mol. The minimum Gasteiger partial charge on any atom is -0.492 e. The highest BCUT2D eigenvalue weighted by molar-refractivity contribution is 5.79. The molecule has 6 nitrogen and oxygen atoms in total. The molecule has 0 aliphatic carbocycles. The van der Waals surface area contributed by atoms with Gasteiger partial charge in [-0.05, 0) is 67.4 Å². The molecule has 1 N–H and O–H groups in total. The maximum atomic E-state index is 12.4. The van der Waals surface area contributed by atoms with E-state index in [2.05, 4.69) is 4.90 Å². The van der Waals surface area contributed by atoms with Gasteiger partial charge in [0.15, 0.2) is 11.5 Å². The van der Waals surface area contributed by atoms with Crippen LogP contribution in [0.4, 0.5) is 11.4 Å². The van der Waals surface area contributed by atoms with Gasteiger partial charge >= 0.3 is 5.97 Å². The number of ether oxygens (including phenoxy) is 3. The number of carbonyl (C=O) groups is 1. The van der Waals surface area contributed by atoms with Crippen LogP contribution in [0.25, 0.3) is 0 Å². The van der Waals surface area contributed by atoms with Gasteiger partial charge in [0.25, 0.3) is 0 Å². The van der Waals surface area contributed by atoms with Gasteiger partial charge < -0.3 is 24.2 Å². The average molecular weight is 510 g/mol. The third kappa shape index (κ3) is 5.02. The first kappa shape index (κ1) is 25.2. The highest BCUT2D eigenvalue weighted by Crippen LogP contribution is 2.46. The van der Waals surface area contributed by atoms with E-state index in [4.69, 9.17) is 14.2 Å². The van der Waals surface area contributed by atoms with Crippen LogP contribution >= 0.6 is 0 Å². The molecule has 1 aliphatic heterocycles. The van der Waals surface area contributed by atoms with Gasteiger partial charge in [-0.3, -0.25) is 0 Å². The van der Waals surface area contributed by atoms with Crippen molar-refractivity contribution in [2.24, 2.45) is 0 Å². The fourth-order valence-corrected chi connectivity index (χ4v) is 5.01. The van der Waals surface area contributed by atoms with Gasteiger partial charge in [0.2, 0.25) is 5.60 Å². The summed E-state index contributed by atoms with van der Waals surface area (Å²) < 4.78 is 18.2. The van der Waals surface area contributed by atoms with E-state index < -0.39 is 11.6 Å². The first-order valence-corrected chi connectivity index (χ1v) is 12.8. The number of benzene rings is 4. The third-order valence-corrected chi connectivity index (χ3v) is 6.97. The normalized spacial score (nSPS) is 14.3. The van der Waals surface area contributed by atoms with E-state index in [1.165, 1.54) is 0 Å². The summed E-state index contributed by atoms with van der Waals surface area (Å²) >= 11 is 0. The van der Waals surface area contributed by atoms with Crippen LogP contribution in [0.2, 0.25) is 0 Å². The van der Waals surface area contributed by atoms with Gasteiger partial charge in [-0.25, -0.2) is 4.79 Å². The summed E-state index contributed by atoms with van der Waals surface area (Å²) in [6.45, 7) is 4.71. The number of hydrogen-bond donors (Lipinski definition) is 1. The van der Waals surface area contributed by atoms with Gasteiger partial charge in [-0.1, -0.05) is 61.5 Å². The Hall–Kier alpha value is -4.45. The molecule has 38 heavy (non-hydrogen) atoms. The SMILES string of the molecule is CCC(c1ccc(OCCN2c3ccccc3Oc3ccccc32)cc1)C(C)(Oc1ccccc1)C(=O)O. The van der Waals surface area contributed by atoms with Crippen molar-refractivity contribution in [1.82, 2.24) is 0 Å². The topological polar surface area (TPSA) is 68.2 Å². The lowest BCUT2D eigenvalue weighted by molar-refractivity contribution is -0.156. The van der Waals surface area contributed by atoms with Crippen molar-refractivity contribution in [1.29, 1.82) is 0 Å². The first-order valence-electron chi connectivity index (χ1n) is 12.8. The van der Waals surface area contributed by atoms with Gasteiger partial charge in [-0.2, -0.15) is 0 Å². The third-order valence-electron chi connectivity index (χ3n) is 6.97. The Morgan fingerprint density at radius 1 is 0.842 bits per heavy atom. The number of rotatable bonds is 10. The molecule has 0 bridgehead atoms. The maximum absolute atomic E-state index is 12.4. The van der Waals surface area contributed by atoms with Crippen LogP contribution in [0.3, 0.4) is 0 Å². The summed E-state index contributed by atoms with van der Waals surface area (Å²) in [6, 6.07) is 32.7. The molecule has 0 radical (unpaired) electrons. The molecule has 0 amide bonds. The van der Waals surface area contributed by atoms with Crippen molar-refractivity contribution >= 4 is 17.3 Å². The van der Waals surface area contributed by atoms with Crippen molar-refractivity contribution in [3.8, 4) is 23.0 Å². The largest absolute Gasteiger partial charge is 0.492 e. The molecule has 4 aromatic rings. The van der Waals surface area contributed by atoms with Crippen LogP contribution in [-0.4, -0.2) is 29.8 Å². The summed E-state index contributed by atoms with van der Waals surface area (Å²) in [5, 5.41) is 10.1. The lowest BCUT2D eigenvalue weighted by Gasteiger charge is -2.34. The van der Waals surface area contributed by atoms with Crippen LogP contribution in [-0.2, 0) is 4.79 Å². The predicted molar refractivity (Wildman–Crippen MR) is 148 cm³/mol. The second-order valence-electron chi connectivity index (χ2n) is 9.39. The van der Waals surface area contributed by atoms with Gasteiger partial charge in [0.1, 0.15) is 18.1 Å². The molecule has 2 unspecified atom stereocenters. The monoisotopic (exact) mass is 509 g/mol. The number of carboxylic acid groups (broad SMARTS) is 1. The number of nitrogens with zero attached hydrogens (tertiary/aromatic N) is 1. The van der Waals surface area contributed by atoms with Gasteiger partial charge in [0.05, 0.1) is 17.9 Å². The van der Waals surface area contributed by atoms with Crippen molar-refractivity contribution < 1.29 is 24.1 Å². The Bertz CT molecular complexity index is 1340. The molecule has 0 spiro atoms. The van der Waals surface area contributed by atoms with Crippen LogP contribution < -0.4 is 19.1 Å². The lowest BCUT2D eigenvalue weighted by Crippen LogP contribution is -2.47. The minimum atomic E-state index is -1.42. The maximum Gasteiger partial charge on any atom is 0.348 e. The summed E-state index contributed by atoms with van der Waals surface area (Å²) in [4.78, 5) is 14.6. The fraction of sp³-hybridized carbons (Fsp3) is 0.219. The van der Waals surface area contributed by atoms with E-state index in [9.17, 15) is 9.90 Å². The lowest BCUT2D eigenvalue weighted by atomic mass is 9.81. The zero-order valence-corrected chi connectivity index (χ0v) is 21.5. The number of anilines is 2. The molecular formula is C32H31NO5. The van der Waals surface area contributed by atoms with Crippen LogP contribution in [0.15, 0.2) is 103 Å². The van der Waals surface area contributed by atoms with E-state index in [0.717, 1.165) is 34.2 Å². The average Bonchev–Trinajstić information content (AvgIpc) is 2.94. The molecule has 1 aliphatic rings. The quantitative estimate of drug-likeness (QED) is 0.240. The van der Waals surface area contributed by atoms with E-state index in [1.54, 1.807) is 19.1 Å². The number of hydrogen-bond acceptors (Lipinski definition) is 5. The molecule has 0 saturated carbocycles. The van der Waals surface area contributed by atoms with Crippen molar-refractivity contribution in [2.45, 2.75) is 31.8 Å². The molecule has 4 aromatic carbocycles. The van der Waals surface area contributed by atoms with E-state index in [1.807, 2.05) is 97.9 Å². The Morgan fingerprint density at radius 3 is 2.00 bits per heavy atom. The number of aliphatic carboxylic acids is 1. The second kappa shape index (κ2) is 10.9. The van der Waals surface area contributed by atoms with E-state index in [0.29, 0.717) is 25.3 Å². The molecule has 0 aromatic heterocycles.